The van der Waals surface area contributed by atoms with Crippen LogP contribution in [0.1, 0.15) is 26.5 Å². The van der Waals surface area contributed by atoms with Gasteiger partial charge in [-0.1, -0.05) is 0 Å². The van der Waals surface area contributed by atoms with E-state index in [0.717, 1.165) is 24.6 Å². The van der Waals surface area contributed by atoms with E-state index >= 15 is 0 Å². The Bertz CT molecular complexity index is 362. The van der Waals surface area contributed by atoms with Crippen LogP contribution >= 0.6 is 0 Å². The van der Waals surface area contributed by atoms with E-state index in [1.54, 1.807) is 19.5 Å². The fourth-order valence-corrected chi connectivity index (χ4v) is 1.36. The van der Waals surface area contributed by atoms with E-state index in [1.807, 2.05) is 11.9 Å². The molecule has 0 aromatic carbocycles. The Hall–Kier alpha value is -1.20. The average Bonchev–Trinajstić information content (AvgIpc) is 2.33. The molecule has 1 aromatic heterocycles. The van der Waals surface area contributed by atoms with Gasteiger partial charge in [-0.3, -0.25) is 4.98 Å². The number of nitrogens with zero attached hydrogens (tertiary/aromatic N) is 3. The number of hydrogen-bond donors (Lipinski definition) is 1. The van der Waals surface area contributed by atoms with Crippen LogP contribution in [0.3, 0.4) is 0 Å². The van der Waals surface area contributed by atoms with E-state index in [9.17, 15) is 0 Å². The second kappa shape index (κ2) is 6.66. The van der Waals surface area contributed by atoms with Gasteiger partial charge in [-0.05, 0) is 20.8 Å². The van der Waals surface area contributed by atoms with Crippen LogP contribution < -0.4 is 10.2 Å². The average molecular weight is 252 g/mol. The maximum atomic E-state index is 5.05. The van der Waals surface area contributed by atoms with Crippen molar-refractivity contribution in [1.29, 1.82) is 0 Å². The highest BCUT2D eigenvalue weighted by Crippen LogP contribution is 2.08. The molecule has 0 radical (unpaired) electrons. The molecule has 0 aliphatic rings. The number of anilines is 1. The number of hydrogen-bond acceptors (Lipinski definition) is 5. The van der Waals surface area contributed by atoms with Crippen molar-refractivity contribution in [3.05, 3.63) is 18.1 Å². The summed E-state index contributed by atoms with van der Waals surface area (Å²) < 4.78 is 5.05. The van der Waals surface area contributed by atoms with Gasteiger partial charge in [0.15, 0.2) is 0 Å². The normalized spacial score (nSPS) is 11.6. The Morgan fingerprint density at radius 3 is 2.67 bits per heavy atom. The standard InChI is InChI=1S/C13H24N4O/c1-13(2,3)15-9-11-8-14-10-12(16-11)17(4)6-7-18-5/h8,10,15H,6-7,9H2,1-5H3. The molecule has 102 valence electrons. The van der Waals surface area contributed by atoms with Crippen molar-refractivity contribution < 1.29 is 4.74 Å². The molecule has 0 atom stereocenters. The topological polar surface area (TPSA) is 50.3 Å². The SMILES string of the molecule is COCCN(C)c1cncc(CNC(C)(C)C)n1. The molecule has 1 aromatic rings. The Labute approximate surface area is 110 Å². The number of nitrogens with one attached hydrogen (secondary N) is 1. The van der Waals surface area contributed by atoms with E-state index in [0.29, 0.717) is 6.61 Å². The van der Waals surface area contributed by atoms with E-state index < -0.39 is 0 Å². The smallest absolute Gasteiger partial charge is 0.147 e. The summed E-state index contributed by atoms with van der Waals surface area (Å²) in [5.74, 6) is 0.875. The van der Waals surface area contributed by atoms with Crippen LogP contribution in [0.25, 0.3) is 0 Å². The first-order valence-corrected chi connectivity index (χ1v) is 6.18. The lowest BCUT2D eigenvalue weighted by molar-refractivity contribution is 0.206. The lowest BCUT2D eigenvalue weighted by Gasteiger charge is -2.21. The van der Waals surface area contributed by atoms with Crippen molar-refractivity contribution in [2.45, 2.75) is 32.9 Å². The van der Waals surface area contributed by atoms with E-state index in [-0.39, 0.29) is 5.54 Å². The molecule has 0 saturated carbocycles. The lowest BCUT2D eigenvalue weighted by atomic mass is 10.1. The summed E-state index contributed by atoms with van der Waals surface area (Å²) in [4.78, 5) is 10.8. The molecule has 0 unspecified atom stereocenters. The van der Waals surface area contributed by atoms with Crippen LogP contribution in [0.5, 0.6) is 0 Å². The molecule has 0 bridgehead atoms. The Morgan fingerprint density at radius 2 is 2.06 bits per heavy atom. The molecule has 1 N–H and O–H groups in total. The van der Waals surface area contributed by atoms with Gasteiger partial charge in [0.2, 0.25) is 0 Å². The zero-order valence-corrected chi connectivity index (χ0v) is 12.0. The second-order valence-electron chi connectivity index (χ2n) is 5.39. The zero-order valence-electron chi connectivity index (χ0n) is 12.0. The van der Waals surface area contributed by atoms with Gasteiger partial charge in [-0.25, -0.2) is 4.98 Å². The van der Waals surface area contributed by atoms with Crippen LogP contribution in [-0.4, -0.2) is 42.8 Å². The van der Waals surface area contributed by atoms with Crippen LogP contribution in [0.4, 0.5) is 5.82 Å². The Morgan fingerprint density at radius 1 is 1.33 bits per heavy atom. The third-order valence-corrected chi connectivity index (χ3v) is 2.49. The molecular weight excluding hydrogens is 228 g/mol. The largest absolute Gasteiger partial charge is 0.383 e. The third kappa shape index (κ3) is 5.42. The lowest BCUT2D eigenvalue weighted by Crippen LogP contribution is -2.35. The van der Waals surface area contributed by atoms with Crippen LogP contribution in [0.2, 0.25) is 0 Å². The van der Waals surface area contributed by atoms with Gasteiger partial charge < -0.3 is 15.0 Å². The van der Waals surface area contributed by atoms with Crippen LogP contribution in [0, 0.1) is 0 Å². The number of ether oxygens (including phenoxy) is 1. The molecule has 0 fully saturated rings. The molecule has 5 heteroatoms. The van der Waals surface area contributed by atoms with Gasteiger partial charge in [-0.2, -0.15) is 0 Å². The molecule has 0 amide bonds. The van der Waals surface area contributed by atoms with Crippen molar-refractivity contribution in [1.82, 2.24) is 15.3 Å². The molecule has 5 nitrogen and oxygen atoms in total. The number of aromatic nitrogens is 2. The Balaban J connectivity index is 2.61. The van der Waals surface area contributed by atoms with Gasteiger partial charge in [0.25, 0.3) is 0 Å². The van der Waals surface area contributed by atoms with Crippen molar-refractivity contribution in [3.8, 4) is 0 Å². The monoisotopic (exact) mass is 252 g/mol. The first kappa shape index (κ1) is 14.9. The predicted molar refractivity (Wildman–Crippen MR) is 73.8 cm³/mol. The summed E-state index contributed by atoms with van der Waals surface area (Å²) >= 11 is 0. The highest BCUT2D eigenvalue weighted by atomic mass is 16.5. The van der Waals surface area contributed by atoms with Gasteiger partial charge in [0, 0.05) is 39.0 Å². The summed E-state index contributed by atoms with van der Waals surface area (Å²) in [7, 11) is 3.69. The van der Waals surface area contributed by atoms with Crippen molar-refractivity contribution >= 4 is 5.82 Å². The molecular formula is C13H24N4O. The molecule has 1 rings (SSSR count). The summed E-state index contributed by atoms with van der Waals surface area (Å²) in [6.07, 6.45) is 3.57. The fourth-order valence-electron chi connectivity index (χ4n) is 1.36. The number of rotatable bonds is 6. The van der Waals surface area contributed by atoms with Crippen molar-refractivity contribution in [3.63, 3.8) is 0 Å². The summed E-state index contributed by atoms with van der Waals surface area (Å²) in [5.41, 5.74) is 1.03. The highest BCUT2D eigenvalue weighted by Gasteiger charge is 2.10. The minimum absolute atomic E-state index is 0.0830. The molecule has 0 spiro atoms. The van der Waals surface area contributed by atoms with Crippen molar-refractivity contribution in [2.75, 3.05) is 32.2 Å². The molecule has 0 aliphatic carbocycles. The van der Waals surface area contributed by atoms with E-state index in [1.165, 1.54) is 0 Å². The minimum atomic E-state index is 0.0830. The predicted octanol–water partition coefficient (Wildman–Crippen LogP) is 1.45. The van der Waals surface area contributed by atoms with E-state index in [2.05, 4.69) is 36.1 Å². The number of likely N-dealkylation sites (N-methyl/N-ethyl adjacent to an activating group) is 1. The maximum absolute atomic E-state index is 5.05. The van der Waals surface area contributed by atoms with Gasteiger partial charge in [-0.15, -0.1) is 0 Å². The first-order valence-electron chi connectivity index (χ1n) is 6.18. The van der Waals surface area contributed by atoms with Gasteiger partial charge in [0.1, 0.15) is 5.82 Å². The molecule has 0 aliphatic heterocycles. The van der Waals surface area contributed by atoms with Gasteiger partial charge in [0.05, 0.1) is 18.5 Å². The molecule has 18 heavy (non-hydrogen) atoms. The summed E-state index contributed by atoms with van der Waals surface area (Å²) in [5, 5.41) is 3.40. The third-order valence-electron chi connectivity index (χ3n) is 2.49. The van der Waals surface area contributed by atoms with Crippen molar-refractivity contribution in [2.24, 2.45) is 0 Å². The second-order valence-corrected chi connectivity index (χ2v) is 5.39. The van der Waals surface area contributed by atoms with Crippen LogP contribution in [0.15, 0.2) is 12.4 Å². The van der Waals surface area contributed by atoms with Gasteiger partial charge >= 0.3 is 0 Å². The summed E-state index contributed by atoms with van der Waals surface area (Å²) in [6, 6.07) is 0. The number of methoxy groups -OCH3 is 1. The van der Waals surface area contributed by atoms with E-state index in [4.69, 9.17) is 4.74 Å². The Kier molecular flexibility index (Phi) is 5.50. The zero-order chi connectivity index (χ0) is 13.6. The minimum Gasteiger partial charge on any atom is -0.383 e. The highest BCUT2D eigenvalue weighted by molar-refractivity contribution is 5.34. The quantitative estimate of drug-likeness (QED) is 0.830. The summed E-state index contributed by atoms with van der Waals surface area (Å²) in [6.45, 7) is 8.62. The first-order chi connectivity index (χ1) is 8.42. The maximum Gasteiger partial charge on any atom is 0.147 e. The fraction of sp³-hybridized carbons (Fsp3) is 0.692. The molecule has 1 heterocycles. The molecule has 0 saturated heterocycles. The van der Waals surface area contributed by atoms with Crippen LogP contribution in [-0.2, 0) is 11.3 Å².